The van der Waals surface area contributed by atoms with Crippen LogP contribution in [0.25, 0.3) is 22.0 Å². The van der Waals surface area contributed by atoms with Crippen molar-refractivity contribution in [1.29, 1.82) is 0 Å². The normalized spacial score (nSPS) is 14.6. The minimum absolute atomic E-state index is 0.0754. The molecule has 1 fully saturated rings. The monoisotopic (exact) mass is 464 g/mol. The van der Waals surface area contributed by atoms with Gasteiger partial charge < -0.3 is 23.9 Å². The average Bonchev–Trinajstić information content (AvgIpc) is 3.35. The van der Waals surface area contributed by atoms with Gasteiger partial charge >= 0.3 is 0 Å². The lowest BCUT2D eigenvalue weighted by Gasteiger charge is -2.37. The summed E-state index contributed by atoms with van der Waals surface area (Å²) in [4.78, 5) is 33.5. The summed E-state index contributed by atoms with van der Waals surface area (Å²) in [6, 6.07) is 5.89. The predicted octanol–water partition coefficient (Wildman–Crippen LogP) is 3.37. The lowest BCUT2D eigenvalue weighted by Crippen LogP contribution is -2.50. The molecule has 8 heteroatoms. The van der Waals surface area contributed by atoms with Crippen LogP contribution in [0, 0.1) is 0 Å². The quantitative estimate of drug-likeness (QED) is 0.543. The highest BCUT2D eigenvalue weighted by Gasteiger charge is 2.27. The number of methoxy groups -OCH3 is 2. The maximum Gasteiger partial charge on any atom is 0.275 e. The number of nitrogens with one attached hydrogen (secondary N) is 1. The number of fused-ring (bicyclic) bond motifs is 1. The van der Waals surface area contributed by atoms with Gasteiger partial charge in [-0.2, -0.15) is 0 Å². The van der Waals surface area contributed by atoms with E-state index in [1.807, 2.05) is 17.0 Å². The van der Waals surface area contributed by atoms with Crippen LogP contribution in [0.5, 0.6) is 11.5 Å². The molecule has 1 aliphatic rings. The summed E-state index contributed by atoms with van der Waals surface area (Å²) in [5.41, 5.74) is 2.39. The van der Waals surface area contributed by atoms with Crippen LogP contribution in [-0.4, -0.2) is 71.7 Å². The topological polar surface area (TPSA) is 79.8 Å². The zero-order valence-corrected chi connectivity index (χ0v) is 20.3. The number of H-pyrrole nitrogens is 1. The SMILES string of the molecule is C=CCn1cc(-c2cc(OC)c(C(=O)N3CCN(C(C)C)CC3)cc2OC)c2cc[nH]c2c1=O. The van der Waals surface area contributed by atoms with Gasteiger partial charge in [-0.05, 0) is 32.0 Å². The minimum Gasteiger partial charge on any atom is -0.496 e. The number of aromatic amines is 1. The molecule has 3 aromatic rings. The lowest BCUT2D eigenvalue weighted by molar-refractivity contribution is 0.0592. The second-order valence-electron chi connectivity index (χ2n) is 8.73. The Bertz CT molecular complexity index is 1270. The highest BCUT2D eigenvalue weighted by Crippen LogP contribution is 2.39. The summed E-state index contributed by atoms with van der Waals surface area (Å²) in [5.74, 6) is 0.932. The van der Waals surface area contributed by atoms with Crippen LogP contribution in [0.15, 0.2) is 48.0 Å². The number of hydrogen-bond donors (Lipinski definition) is 1. The van der Waals surface area contributed by atoms with Gasteiger partial charge in [0.25, 0.3) is 11.5 Å². The predicted molar refractivity (Wildman–Crippen MR) is 134 cm³/mol. The first kappa shape index (κ1) is 23.6. The molecular formula is C26H32N4O4. The Balaban J connectivity index is 1.78. The highest BCUT2D eigenvalue weighted by atomic mass is 16.5. The van der Waals surface area contributed by atoms with Crippen molar-refractivity contribution in [3.63, 3.8) is 0 Å². The number of allylic oxidation sites excluding steroid dienone is 1. The molecule has 3 heterocycles. The molecule has 1 saturated heterocycles. The molecule has 0 unspecified atom stereocenters. The van der Waals surface area contributed by atoms with E-state index in [0.29, 0.717) is 48.3 Å². The van der Waals surface area contributed by atoms with Crippen LogP contribution < -0.4 is 15.0 Å². The van der Waals surface area contributed by atoms with Crippen molar-refractivity contribution in [3.8, 4) is 22.6 Å². The zero-order valence-electron chi connectivity index (χ0n) is 20.3. The van der Waals surface area contributed by atoms with Crippen molar-refractivity contribution in [2.45, 2.75) is 26.4 Å². The Labute approximate surface area is 199 Å². The molecule has 1 amide bonds. The molecule has 0 aliphatic carbocycles. The molecule has 1 aromatic carbocycles. The van der Waals surface area contributed by atoms with Crippen LogP contribution in [0.2, 0.25) is 0 Å². The minimum atomic E-state index is -0.123. The zero-order chi connectivity index (χ0) is 24.4. The maximum atomic E-state index is 13.4. The smallest absolute Gasteiger partial charge is 0.275 e. The van der Waals surface area contributed by atoms with Crippen LogP contribution in [0.3, 0.4) is 0 Å². The molecule has 180 valence electrons. The Morgan fingerprint density at radius 1 is 1.12 bits per heavy atom. The summed E-state index contributed by atoms with van der Waals surface area (Å²) >= 11 is 0. The van der Waals surface area contributed by atoms with E-state index >= 15 is 0 Å². The first-order chi connectivity index (χ1) is 16.4. The third-order valence-electron chi connectivity index (χ3n) is 6.50. The van der Waals surface area contributed by atoms with E-state index in [1.165, 1.54) is 0 Å². The first-order valence-corrected chi connectivity index (χ1v) is 11.5. The van der Waals surface area contributed by atoms with Crippen LogP contribution in [0.1, 0.15) is 24.2 Å². The number of hydrogen-bond acceptors (Lipinski definition) is 5. The van der Waals surface area contributed by atoms with E-state index in [1.54, 1.807) is 43.3 Å². The molecule has 34 heavy (non-hydrogen) atoms. The fraction of sp³-hybridized carbons (Fsp3) is 0.385. The van der Waals surface area contributed by atoms with Gasteiger partial charge in [0.1, 0.15) is 17.0 Å². The van der Waals surface area contributed by atoms with Crippen molar-refractivity contribution in [3.05, 3.63) is 59.2 Å². The summed E-state index contributed by atoms with van der Waals surface area (Å²) < 4.78 is 13.0. The molecule has 0 radical (unpaired) electrons. The van der Waals surface area contributed by atoms with Crippen molar-refractivity contribution < 1.29 is 14.3 Å². The lowest BCUT2D eigenvalue weighted by atomic mass is 9.99. The number of amides is 1. The van der Waals surface area contributed by atoms with E-state index in [4.69, 9.17) is 9.47 Å². The molecular weight excluding hydrogens is 432 g/mol. The van der Waals surface area contributed by atoms with E-state index in [0.717, 1.165) is 29.6 Å². The van der Waals surface area contributed by atoms with Gasteiger partial charge in [0.15, 0.2) is 0 Å². The second-order valence-corrected chi connectivity index (χ2v) is 8.73. The number of nitrogens with zero attached hydrogens (tertiary/aromatic N) is 3. The molecule has 8 nitrogen and oxygen atoms in total. The molecule has 0 bridgehead atoms. The number of carbonyl (C=O) groups is 1. The van der Waals surface area contributed by atoms with Gasteiger partial charge in [-0.25, -0.2) is 0 Å². The van der Waals surface area contributed by atoms with Crippen molar-refractivity contribution in [1.82, 2.24) is 19.4 Å². The third kappa shape index (κ3) is 4.21. The maximum absolute atomic E-state index is 13.4. The van der Waals surface area contributed by atoms with Gasteiger partial charge in [-0.15, -0.1) is 6.58 Å². The Hall–Kier alpha value is -3.52. The fourth-order valence-electron chi connectivity index (χ4n) is 4.57. The van der Waals surface area contributed by atoms with Crippen molar-refractivity contribution in [2.24, 2.45) is 0 Å². The van der Waals surface area contributed by atoms with E-state index < -0.39 is 0 Å². The van der Waals surface area contributed by atoms with Gasteiger partial charge in [0.2, 0.25) is 0 Å². The van der Waals surface area contributed by atoms with Crippen LogP contribution in [0.4, 0.5) is 0 Å². The van der Waals surface area contributed by atoms with Crippen LogP contribution in [-0.2, 0) is 6.54 Å². The van der Waals surface area contributed by atoms with Gasteiger partial charge in [-0.1, -0.05) is 6.08 Å². The number of piperazine rings is 1. The Morgan fingerprint density at radius 2 is 1.82 bits per heavy atom. The molecule has 2 aromatic heterocycles. The number of ether oxygens (including phenoxy) is 2. The van der Waals surface area contributed by atoms with Crippen molar-refractivity contribution >= 4 is 16.8 Å². The van der Waals surface area contributed by atoms with E-state index in [-0.39, 0.29) is 11.5 Å². The van der Waals surface area contributed by atoms with Crippen molar-refractivity contribution in [2.75, 3.05) is 40.4 Å². The number of aromatic nitrogens is 2. The number of carbonyl (C=O) groups excluding carboxylic acids is 1. The van der Waals surface area contributed by atoms with E-state index in [9.17, 15) is 9.59 Å². The third-order valence-corrected chi connectivity index (χ3v) is 6.50. The molecule has 1 N–H and O–H groups in total. The van der Waals surface area contributed by atoms with Gasteiger partial charge in [-0.3, -0.25) is 14.5 Å². The van der Waals surface area contributed by atoms with E-state index in [2.05, 4.69) is 30.3 Å². The largest absolute Gasteiger partial charge is 0.496 e. The second kappa shape index (κ2) is 9.77. The molecule has 0 saturated carbocycles. The molecule has 0 spiro atoms. The molecule has 0 atom stereocenters. The molecule has 1 aliphatic heterocycles. The fourth-order valence-corrected chi connectivity index (χ4v) is 4.57. The first-order valence-electron chi connectivity index (χ1n) is 11.5. The summed E-state index contributed by atoms with van der Waals surface area (Å²) in [6.07, 6.45) is 5.22. The van der Waals surface area contributed by atoms with Crippen LogP contribution >= 0.6 is 0 Å². The Morgan fingerprint density at radius 3 is 2.44 bits per heavy atom. The van der Waals surface area contributed by atoms with Gasteiger partial charge in [0.05, 0.1) is 19.8 Å². The summed E-state index contributed by atoms with van der Waals surface area (Å²) in [6.45, 7) is 11.5. The Kier molecular flexibility index (Phi) is 6.79. The standard InChI is InChI=1S/C26H32N4O4/c1-6-9-30-16-21(18-7-8-27-24(18)26(30)32)19-14-23(34-5)20(15-22(19)33-4)25(31)29-12-10-28(11-13-29)17(2)3/h6-8,14-17,27H,1,9-13H2,2-5H3. The number of benzene rings is 1. The average molecular weight is 465 g/mol. The van der Waals surface area contributed by atoms with Gasteiger partial charge in [0, 0.05) is 67.7 Å². The summed E-state index contributed by atoms with van der Waals surface area (Å²) in [5, 5.41) is 0.773. The molecule has 4 rings (SSSR count). The number of rotatable bonds is 7. The summed E-state index contributed by atoms with van der Waals surface area (Å²) in [7, 11) is 3.14. The number of pyridine rings is 1. The highest BCUT2D eigenvalue weighted by molar-refractivity contribution is 6.01.